The van der Waals surface area contributed by atoms with Crippen molar-refractivity contribution in [2.75, 3.05) is 6.54 Å². The molecule has 1 atom stereocenters. The Morgan fingerprint density at radius 3 is 3.20 bits per heavy atom. The van der Waals surface area contributed by atoms with Gasteiger partial charge in [0.1, 0.15) is 12.4 Å². The number of hydrogen-bond donors (Lipinski definition) is 1. The summed E-state index contributed by atoms with van der Waals surface area (Å²) in [6.07, 6.45) is 3.67. The molecule has 3 rings (SSSR count). The molecule has 1 unspecified atom stereocenters. The zero-order valence-electron chi connectivity index (χ0n) is 11.8. The van der Waals surface area contributed by atoms with Gasteiger partial charge in [0.15, 0.2) is 0 Å². The molecule has 1 aliphatic carbocycles. The summed E-state index contributed by atoms with van der Waals surface area (Å²) in [4.78, 5) is 4.24. The summed E-state index contributed by atoms with van der Waals surface area (Å²) in [5.41, 5.74) is 5.71. The topological polar surface area (TPSA) is 34.1 Å². The van der Waals surface area contributed by atoms with Crippen LogP contribution in [0, 0.1) is 0 Å². The first kappa shape index (κ1) is 13.6. The van der Waals surface area contributed by atoms with Crippen molar-refractivity contribution >= 4 is 11.3 Å². The lowest BCUT2D eigenvalue weighted by Gasteiger charge is -2.26. The Bertz CT molecular complexity index is 554. The number of aromatic nitrogens is 1. The molecule has 2 aromatic rings. The van der Waals surface area contributed by atoms with Crippen LogP contribution in [-0.4, -0.2) is 11.5 Å². The summed E-state index contributed by atoms with van der Waals surface area (Å²) < 4.78 is 5.86. The van der Waals surface area contributed by atoms with Crippen molar-refractivity contribution in [2.24, 2.45) is 0 Å². The minimum atomic E-state index is 0.478. The molecule has 0 spiro atoms. The highest BCUT2D eigenvalue weighted by atomic mass is 32.1. The van der Waals surface area contributed by atoms with Gasteiger partial charge < -0.3 is 10.1 Å². The SMILES string of the molecule is CCNC1CCCc2ccc(OCc3cscn3)cc21. The summed E-state index contributed by atoms with van der Waals surface area (Å²) in [6.45, 7) is 3.72. The first-order valence-corrected chi connectivity index (χ1v) is 8.17. The van der Waals surface area contributed by atoms with E-state index in [4.69, 9.17) is 4.74 Å². The fourth-order valence-electron chi connectivity index (χ4n) is 2.79. The van der Waals surface area contributed by atoms with Gasteiger partial charge in [-0.3, -0.25) is 0 Å². The van der Waals surface area contributed by atoms with Crippen LogP contribution in [0.4, 0.5) is 0 Å². The fraction of sp³-hybridized carbons (Fsp3) is 0.438. The Hall–Kier alpha value is -1.39. The van der Waals surface area contributed by atoms with E-state index in [2.05, 4.69) is 35.4 Å². The molecule has 0 fully saturated rings. The Morgan fingerprint density at radius 2 is 2.40 bits per heavy atom. The third kappa shape index (κ3) is 3.02. The second-order valence-corrected chi connectivity index (χ2v) is 5.85. The average Bonchev–Trinajstić information content (AvgIpc) is 2.99. The number of benzene rings is 1. The number of ether oxygens (including phenoxy) is 1. The Labute approximate surface area is 124 Å². The standard InChI is InChI=1S/C16H20N2OS/c1-2-17-16-5-3-4-12-6-7-14(8-15(12)16)19-9-13-10-20-11-18-13/h6-8,10-11,16-17H,2-5,9H2,1H3. The van der Waals surface area contributed by atoms with E-state index in [-0.39, 0.29) is 0 Å². The highest BCUT2D eigenvalue weighted by molar-refractivity contribution is 7.07. The summed E-state index contributed by atoms with van der Waals surface area (Å²) in [5.74, 6) is 0.946. The van der Waals surface area contributed by atoms with Crippen molar-refractivity contribution in [3.63, 3.8) is 0 Å². The van der Waals surface area contributed by atoms with Crippen LogP contribution < -0.4 is 10.1 Å². The highest BCUT2D eigenvalue weighted by Gasteiger charge is 2.19. The molecule has 1 N–H and O–H groups in total. The van der Waals surface area contributed by atoms with E-state index in [9.17, 15) is 0 Å². The monoisotopic (exact) mass is 288 g/mol. The van der Waals surface area contributed by atoms with E-state index < -0.39 is 0 Å². The van der Waals surface area contributed by atoms with Gasteiger partial charge in [-0.1, -0.05) is 13.0 Å². The third-order valence-electron chi connectivity index (χ3n) is 3.75. The molecule has 0 radical (unpaired) electrons. The summed E-state index contributed by atoms with van der Waals surface area (Å²) >= 11 is 1.60. The summed E-state index contributed by atoms with van der Waals surface area (Å²) in [6, 6.07) is 6.98. The lowest BCUT2D eigenvalue weighted by molar-refractivity contribution is 0.301. The van der Waals surface area contributed by atoms with Gasteiger partial charge in [0.25, 0.3) is 0 Å². The van der Waals surface area contributed by atoms with Gasteiger partial charge in [-0.15, -0.1) is 11.3 Å². The van der Waals surface area contributed by atoms with Crippen molar-refractivity contribution in [3.05, 3.63) is 45.9 Å². The van der Waals surface area contributed by atoms with E-state index in [1.54, 1.807) is 11.3 Å². The van der Waals surface area contributed by atoms with Crippen LogP contribution in [0.2, 0.25) is 0 Å². The number of nitrogens with one attached hydrogen (secondary N) is 1. The van der Waals surface area contributed by atoms with Crippen molar-refractivity contribution in [1.82, 2.24) is 10.3 Å². The molecule has 1 heterocycles. The molecule has 106 valence electrons. The Balaban J connectivity index is 1.74. The van der Waals surface area contributed by atoms with Crippen LogP contribution in [-0.2, 0) is 13.0 Å². The minimum Gasteiger partial charge on any atom is -0.487 e. The smallest absolute Gasteiger partial charge is 0.131 e. The highest BCUT2D eigenvalue weighted by Crippen LogP contribution is 2.32. The maximum absolute atomic E-state index is 5.86. The maximum Gasteiger partial charge on any atom is 0.131 e. The normalized spacial score (nSPS) is 17.8. The summed E-state index contributed by atoms with van der Waals surface area (Å²) in [5, 5.41) is 5.60. The van der Waals surface area contributed by atoms with Gasteiger partial charge in [-0.25, -0.2) is 4.98 Å². The quantitative estimate of drug-likeness (QED) is 0.910. The zero-order valence-corrected chi connectivity index (χ0v) is 12.6. The largest absolute Gasteiger partial charge is 0.487 e. The second kappa shape index (κ2) is 6.37. The molecule has 4 heteroatoms. The zero-order chi connectivity index (χ0) is 13.8. The lowest BCUT2D eigenvalue weighted by Crippen LogP contribution is -2.24. The van der Waals surface area contributed by atoms with Crippen molar-refractivity contribution in [1.29, 1.82) is 0 Å². The molecule has 20 heavy (non-hydrogen) atoms. The molecular weight excluding hydrogens is 268 g/mol. The average molecular weight is 288 g/mol. The fourth-order valence-corrected chi connectivity index (χ4v) is 3.33. The number of nitrogens with zero attached hydrogens (tertiary/aromatic N) is 1. The van der Waals surface area contributed by atoms with Crippen LogP contribution >= 0.6 is 11.3 Å². The van der Waals surface area contributed by atoms with Crippen molar-refractivity contribution in [2.45, 2.75) is 38.8 Å². The van der Waals surface area contributed by atoms with E-state index in [0.29, 0.717) is 12.6 Å². The minimum absolute atomic E-state index is 0.478. The number of fused-ring (bicyclic) bond motifs is 1. The van der Waals surface area contributed by atoms with E-state index in [1.807, 2.05) is 10.9 Å². The number of hydrogen-bond acceptors (Lipinski definition) is 4. The number of aryl methyl sites for hydroxylation is 1. The third-order valence-corrected chi connectivity index (χ3v) is 4.39. The van der Waals surface area contributed by atoms with Gasteiger partial charge in [0.05, 0.1) is 11.2 Å². The number of thiazole rings is 1. The van der Waals surface area contributed by atoms with Gasteiger partial charge >= 0.3 is 0 Å². The van der Waals surface area contributed by atoms with Crippen LogP contribution in [0.25, 0.3) is 0 Å². The van der Waals surface area contributed by atoms with Crippen LogP contribution in [0.3, 0.4) is 0 Å². The molecule has 0 amide bonds. The van der Waals surface area contributed by atoms with Gasteiger partial charge in [-0.2, -0.15) is 0 Å². The first-order valence-electron chi connectivity index (χ1n) is 7.23. The van der Waals surface area contributed by atoms with Gasteiger partial charge in [0.2, 0.25) is 0 Å². The molecule has 0 saturated heterocycles. The van der Waals surface area contributed by atoms with Crippen LogP contribution in [0.15, 0.2) is 29.1 Å². The molecule has 0 aliphatic heterocycles. The van der Waals surface area contributed by atoms with Crippen LogP contribution in [0.1, 0.15) is 42.6 Å². The predicted molar refractivity (Wildman–Crippen MR) is 82.2 cm³/mol. The molecule has 0 bridgehead atoms. The predicted octanol–water partition coefficient (Wildman–Crippen LogP) is 3.71. The van der Waals surface area contributed by atoms with Gasteiger partial charge in [-0.05, 0) is 49.1 Å². The second-order valence-electron chi connectivity index (χ2n) is 5.13. The van der Waals surface area contributed by atoms with E-state index in [1.165, 1.54) is 30.4 Å². The molecule has 1 aliphatic rings. The Kier molecular flexibility index (Phi) is 4.33. The number of rotatable bonds is 5. The van der Waals surface area contributed by atoms with E-state index >= 15 is 0 Å². The van der Waals surface area contributed by atoms with E-state index in [0.717, 1.165) is 18.0 Å². The lowest BCUT2D eigenvalue weighted by atomic mass is 9.87. The van der Waals surface area contributed by atoms with Gasteiger partial charge in [0, 0.05) is 11.4 Å². The molecule has 3 nitrogen and oxygen atoms in total. The molecule has 0 saturated carbocycles. The molecule has 1 aromatic heterocycles. The maximum atomic E-state index is 5.86. The van der Waals surface area contributed by atoms with Crippen LogP contribution in [0.5, 0.6) is 5.75 Å². The van der Waals surface area contributed by atoms with Crippen molar-refractivity contribution < 1.29 is 4.74 Å². The molecule has 1 aromatic carbocycles. The van der Waals surface area contributed by atoms with Crippen molar-refractivity contribution in [3.8, 4) is 5.75 Å². The summed E-state index contributed by atoms with van der Waals surface area (Å²) in [7, 11) is 0. The molecular formula is C16H20N2OS. The Morgan fingerprint density at radius 1 is 1.45 bits per heavy atom. The first-order chi connectivity index (χ1) is 9.86.